The van der Waals surface area contributed by atoms with Crippen LogP contribution in [0.3, 0.4) is 0 Å². The molecule has 13 heavy (non-hydrogen) atoms. The molecule has 0 fully saturated rings. The Morgan fingerprint density at radius 3 is 2.46 bits per heavy atom. The van der Waals surface area contributed by atoms with Crippen LogP contribution in [0.1, 0.15) is 40.0 Å². The predicted octanol–water partition coefficient (Wildman–Crippen LogP) is 2.00. The third-order valence-corrected chi connectivity index (χ3v) is 2.64. The van der Waals surface area contributed by atoms with Crippen molar-refractivity contribution in [2.45, 2.75) is 40.0 Å². The Bertz CT molecular complexity index is 92.3. The van der Waals surface area contributed by atoms with E-state index in [1.54, 1.807) is 0 Å². The van der Waals surface area contributed by atoms with Crippen molar-refractivity contribution < 1.29 is 0 Å². The fraction of sp³-hybridized carbons (Fsp3) is 1.00. The Balaban J connectivity index is 3.08. The molecule has 0 aliphatic carbocycles. The van der Waals surface area contributed by atoms with E-state index in [0.29, 0.717) is 5.92 Å². The molecule has 0 bridgehead atoms. The molecule has 0 amide bonds. The Hall–Kier alpha value is -0.0800. The Kier molecular flexibility index (Phi) is 8.46. The van der Waals surface area contributed by atoms with Gasteiger partial charge in [0.2, 0.25) is 0 Å². The molecule has 0 radical (unpaired) electrons. The highest BCUT2D eigenvalue weighted by molar-refractivity contribution is 4.57. The Morgan fingerprint density at radius 2 is 1.92 bits per heavy atom. The lowest BCUT2D eigenvalue weighted by molar-refractivity contribution is 0.464. The molecule has 2 nitrogen and oxygen atoms in total. The molecule has 0 aliphatic rings. The van der Waals surface area contributed by atoms with Crippen molar-refractivity contribution in [1.29, 1.82) is 0 Å². The quantitative estimate of drug-likeness (QED) is 0.569. The molecule has 2 unspecified atom stereocenters. The van der Waals surface area contributed by atoms with E-state index in [1.165, 1.54) is 19.3 Å². The molecular weight excluding hydrogens is 160 g/mol. The summed E-state index contributed by atoms with van der Waals surface area (Å²) >= 11 is 0. The van der Waals surface area contributed by atoms with Crippen LogP contribution < -0.4 is 11.1 Å². The van der Waals surface area contributed by atoms with Crippen LogP contribution in [0, 0.1) is 11.8 Å². The second-order valence-corrected chi connectivity index (χ2v) is 4.20. The molecule has 0 aromatic heterocycles. The van der Waals surface area contributed by atoms with Crippen molar-refractivity contribution in [3.63, 3.8) is 0 Å². The van der Waals surface area contributed by atoms with Gasteiger partial charge in [-0.2, -0.15) is 0 Å². The molecule has 0 spiro atoms. The fourth-order valence-electron chi connectivity index (χ4n) is 1.19. The zero-order valence-electron chi connectivity index (χ0n) is 9.47. The molecule has 2 atom stereocenters. The summed E-state index contributed by atoms with van der Waals surface area (Å²) in [6, 6.07) is 0. The van der Waals surface area contributed by atoms with Crippen molar-refractivity contribution in [3.05, 3.63) is 0 Å². The van der Waals surface area contributed by atoms with E-state index < -0.39 is 0 Å². The van der Waals surface area contributed by atoms with Gasteiger partial charge in [-0.1, -0.05) is 27.2 Å². The Labute approximate surface area is 83.3 Å². The number of nitrogens with one attached hydrogen (secondary N) is 1. The van der Waals surface area contributed by atoms with Gasteiger partial charge in [0.1, 0.15) is 0 Å². The van der Waals surface area contributed by atoms with Gasteiger partial charge in [-0.05, 0) is 44.3 Å². The summed E-state index contributed by atoms with van der Waals surface area (Å²) in [5, 5.41) is 3.47. The van der Waals surface area contributed by atoms with Crippen LogP contribution in [0.4, 0.5) is 0 Å². The van der Waals surface area contributed by atoms with Gasteiger partial charge in [0.15, 0.2) is 0 Å². The van der Waals surface area contributed by atoms with Gasteiger partial charge < -0.3 is 11.1 Å². The van der Waals surface area contributed by atoms with Crippen molar-refractivity contribution in [3.8, 4) is 0 Å². The summed E-state index contributed by atoms with van der Waals surface area (Å²) in [7, 11) is 0. The molecule has 2 heteroatoms. The smallest absolute Gasteiger partial charge is 0.00233 e. The SMILES string of the molecule is CCC(C)CNCCCC(C)CN. The predicted molar refractivity (Wildman–Crippen MR) is 59.8 cm³/mol. The second kappa shape index (κ2) is 8.52. The highest BCUT2D eigenvalue weighted by Gasteiger charge is 1.99. The average molecular weight is 186 g/mol. The van der Waals surface area contributed by atoms with Crippen molar-refractivity contribution in [1.82, 2.24) is 5.32 Å². The first-order valence-corrected chi connectivity index (χ1v) is 5.61. The first-order valence-electron chi connectivity index (χ1n) is 5.61. The summed E-state index contributed by atoms with van der Waals surface area (Å²) < 4.78 is 0. The van der Waals surface area contributed by atoms with Crippen LogP contribution in [0.25, 0.3) is 0 Å². The van der Waals surface area contributed by atoms with E-state index in [2.05, 4.69) is 26.1 Å². The maximum atomic E-state index is 5.54. The van der Waals surface area contributed by atoms with E-state index in [0.717, 1.165) is 25.6 Å². The van der Waals surface area contributed by atoms with Crippen LogP contribution in [0.15, 0.2) is 0 Å². The van der Waals surface area contributed by atoms with Gasteiger partial charge in [-0.25, -0.2) is 0 Å². The van der Waals surface area contributed by atoms with E-state index in [1.807, 2.05) is 0 Å². The molecule has 0 saturated heterocycles. The van der Waals surface area contributed by atoms with Crippen LogP contribution in [-0.2, 0) is 0 Å². The van der Waals surface area contributed by atoms with Crippen molar-refractivity contribution >= 4 is 0 Å². The van der Waals surface area contributed by atoms with E-state index in [-0.39, 0.29) is 0 Å². The maximum absolute atomic E-state index is 5.54. The van der Waals surface area contributed by atoms with Crippen LogP contribution >= 0.6 is 0 Å². The first-order chi connectivity index (χ1) is 6.20. The van der Waals surface area contributed by atoms with Gasteiger partial charge in [0, 0.05) is 0 Å². The number of nitrogens with two attached hydrogens (primary N) is 1. The topological polar surface area (TPSA) is 38.0 Å². The lowest BCUT2D eigenvalue weighted by Crippen LogP contribution is -2.22. The summed E-state index contributed by atoms with van der Waals surface area (Å²) in [6.07, 6.45) is 3.78. The molecule has 0 saturated carbocycles. The normalized spacial score (nSPS) is 15.7. The zero-order valence-corrected chi connectivity index (χ0v) is 9.47. The van der Waals surface area contributed by atoms with Crippen LogP contribution in [0.5, 0.6) is 0 Å². The van der Waals surface area contributed by atoms with E-state index in [9.17, 15) is 0 Å². The van der Waals surface area contributed by atoms with Gasteiger partial charge in [-0.3, -0.25) is 0 Å². The molecule has 0 heterocycles. The fourth-order valence-corrected chi connectivity index (χ4v) is 1.19. The highest BCUT2D eigenvalue weighted by atomic mass is 14.8. The van der Waals surface area contributed by atoms with Gasteiger partial charge in [0.05, 0.1) is 0 Å². The maximum Gasteiger partial charge on any atom is -0.00233 e. The second-order valence-electron chi connectivity index (χ2n) is 4.20. The van der Waals surface area contributed by atoms with Gasteiger partial charge in [-0.15, -0.1) is 0 Å². The van der Waals surface area contributed by atoms with E-state index >= 15 is 0 Å². The van der Waals surface area contributed by atoms with E-state index in [4.69, 9.17) is 5.73 Å². The van der Waals surface area contributed by atoms with Crippen LogP contribution in [-0.4, -0.2) is 19.6 Å². The summed E-state index contributed by atoms with van der Waals surface area (Å²) in [4.78, 5) is 0. The van der Waals surface area contributed by atoms with Crippen molar-refractivity contribution in [2.24, 2.45) is 17.6 Å². The number of hydrogen-bond acceptors (Lipinski definition) is 2. The number of hydrogen-bond donors (Lipinski definition) is 2. The Morgan fingerprint density at radius 1 is 1.23 bits per heavy atom. The minimum atomic E-state index is 0.686. The summed E-state index contributed by atoms with van der Waals surface area (Å²) in [5.41, 5.74) is 5.54. The lowest BCUT2D eigenvalue weighted by Gasteiger charge is -2.11. The summed E-state index contributed by atoms with van der Waals surface area (Å²) in [5.74, 6) is 1.50. The molecule has 0 aliphatic heterocycles. The minimum Gasteiger partial charge on any atom is -0.330 e. The average Bonchev–Trinajstić information content (AvgIpc) is 2.16. The standard InChI is InChI=1S/C11H26N2/c1-4-10(2)9-13-7-5-6-11(3)8-12/h10-11,13H,4-9,12H2,1-3H3. The largest absolute Gasteiger partial charge is 0.330 e. The first kappa shape index (κ1) is 12.9. The monoisotopic (exact) mass is 186 g/mol. The van der Waals surface area contributed by atoms with Gasteiger partial charge >= 0.3 is 0 Å². The van der Waals surface area contributed by atoms with Crippen molar-refractivity contribution in [2.75, 3.05) is 19.6 Å². The molecule has 0 aromatic rings. The molecule has 0 rings (SSSR count). The molecule has 0 aromatic carbocycles. The lowest BCUT2D eigenvalue weighted by atomic mass is 10.1. The third-order valence-electron chi connectivity index (χ3n) is 2.64. The third kappa shape index (κ3) is 8.26. The van der Waals surface area contributed by atoms with Gasteiger partial charge in [0.25, 0.3) is 0 Å². The molecule has 80 valence electrons. The molecule has 3 N–H and O–H groups in total. The number of rotatable bonds is 8. The summed E-state index contributed by atoms with van der Waals surface area (Å²) in [6.45, 7) is 9.88. The zero-order chi connectivity index (χ0) is 10.1. The minimum absolute atomic E-state index is 0.686. The highest BCUT2D eigenvalue weighted by Crippen LogP contribution is 2.02. The van der Waals surface area contributed by atoms with Crippen LogP contribution in [0.2, 0.25) is 0 Å². The molecular formula is C11H26N2.